The second kappa shape index (κ2) is 6.65. The summed E-state index contributed by atoms with van der Waals surface area (Å²) < 4.78 is 3.72. The summed E-state index contributed by atoms with van der Waals surface area (Å²) >= 11 is 0. The van der Waals surface area contributed by atoms with Crippen LogP contribution < -0.4 is 0 Å². The largest absolute Gasteiger partial charge is 0.336 e. The minimum atomic E-state index is 0.0244. The van der Waals surface area contributed by atoms with Gasteiger partial charge in [0.15, 0.2) is 5.65 Å². The van der Waals surface area contributed by atoms with Gasteiger partial charge in [-0.05, 0) is 76.2 Å². The molecule has 0 N–H and O–H groups in total. The van der Waals surface area contributed by atoms with Crippen molar-refractivity contribution in [3.05, 3.63) is 35.9 Å². The van der Waals surface area contributed by atoms with Gasteiger partial charge >= 0.3 is 0 Å². The minimum Gasteiger partial charge on any atom is -0.336 e. The first kappa shape index (κ1) is 19.0. The zero-order valence-electron chi connectivity index (χ0n) is 18.6. The molecule has 0 spiro atoms. The van der Waals surface area contributed by atoms with Crippen molar-refractivity contribution in [2.45, 2.75) is 64.5 Å². The topological polar surface area (TPSA) is 68.3 Å². The first-order valence-electron chi connectivity index (χ1n) is 11.6. The molecule has 1 amide bonds. The van der Waals surface area contributed by atoms with E-state index in [-0.39, 0.29) is 11.4 Å². The summed E-state index contributed by atoms with van der Waals surface area (Å²) in [6.45, 7) is 4.89. The van der Waals surface area contributed by atoms with Gasteiger partial charge in [-0.2, -0.15) is 10.2 Å². The number of rotatable bonds is 4. The van der Waals surface area contributed by atoms with Crippen molar-refractivity contribution >= 4 is 11.6 Å². The van der Waals surface area contributed by atoms with Gasteiger partial charge in [-0.3, -0.25) is 9.48 Å². The number of aromatic nitrogens is 5. The fourth-order valence-electron chi connectivity index (χ4n) is 7.05. The van der Waals surface area contributed by atoms with Gasteiger partial charge in [-0.15, -0.1) is 0 Å². The Hall–Kier alpha value is -2.70. The maximum absolute atomic E-state index is 13.7. The van der Waals surface area contributed by atoms with Crippen LogP contribution in [0, 0.1) is 24.7 Å². The van der Waals surface area contributed by atoms with Crippen LogP contribution in [0.3, 0.4) is 0 Å². The van der Waals surface area contributed by atoms with Gasteiger partial charge in [0.1, 0.15) is 5.56 Å². The van der Waals surface area contributed by atoms with Crippen LogP contribution in [0.1, 0.15) is 61.5 Å². The van der Waals surface area contributed by atoms with Gasteiger partial charge in [-0.1, -0.05) is 0 Å². The van der Waals surface area contributed by atoms with Crippen molar-refractivity contribution in [3.63, 3.8) is 0 Å². The predicted octanol–water partition coefficient (Wildman–Crippen LogP) is 3.96. The van der Waals surface area contributed by atoms with Crippen LogP contribution in [0.2, 0.25) is 0 Å². The van der Waals surface area contributed by atoms with E-state index in [2.05, 4.69) is 27.0 Å². The predicted molar refractivity (Wildman–Crippen MR) is 118 cm³/mol. The van der Waals surface area contributed by atoms with E-state index in [4.69, 9.17) is 0 Å². The SMILES string of the molecule is CCn1cc(-c2ccnc3c(C(=O)N(C)C45CC6CC(CC(C6)C4)C5)cnn23)c(C)n1. The Morgan fingerprint density at radius 3 is 2.48 bits per heavy atom. The smallest absolute Gasteiger partial charge is 0.259 e. The summed E-state index contributed by atoms with van der Waals surface area (Å²) in [6, 6.07) is 1.95. The van der Waals surface area contributed by atoms with Crippen molar-refractivity contribution in [1.82, 2.24) is 29.3 Å². The molecule has 7 heteroatoms. The minimum absolute atomic E-state index is 0.0244. The maximum Gasteiger partial charge on any atom is 0.259 e. The average Bonchev–Trinajstić information content (AvgIpc) is 3.35. The third kappa shape index (κ3) is 2.78. The Morgan fingerprint density at radius 2 is 1.87 bits per heavy atom. The number of aryl methyl sites for hydroxylation is 2. The molecule has 0 aliphatic heterocycles. The van der Waals surface area contributed by atoms with E-state index in [0.717, 1.165) is 60.5 Å². The molecule has 3 heterocycles. The molecule has 0 aromatic carbocycles. The van der Waals surface area contributed by atoms with Crippen LogP contribution in [-0.4, -0.2) is 47.8 Å². The van der Waals surface area contributed by atoms with Gasteiger partial charge in [0.2, 0.25) is 0 Å². The molecule has 4 aliphatic carbocycles. The Balaban J connectivity index is 1.37. The standard InChI is InChI=1S/C24H30N6O/c1-4-29-14-20(15(2)27-29)21-5-6-25-22-19(13-26-30(21)22)23(31)28(3)24-10-16-7-17(11-24)9-18(8-16)12-24/h5-6,13-14,16-18H,4,7-12H2,1-3H3. The summed E-state index contributed by atoms with van der Waals surface area (Å²) in [5, 5.41) is 9.16. The quantitative estimate of drug-likeness (QED) is 0.643. The molecule has 31 heavy (non-hydrogen) atoms. The molecule has 4 fully saturated rings. The number of hydrogen-bond donors (Lipinski definition) is 0. The molecule has 162 valence electrons. The normalized spacial score (nSPS) is 29.1. The molecular weight excluding hydrogens is 388 g/mol. The van der Waals surface area contributed by atoms with Crippen molar-refractivity contribution in [2.75, 3.05) is 7.05 Å². The van der Waals surface area contributed by atoms with E-state index in [1.807, 2.05) is 30.9 Å². The Labute approximate surface area is 182 Å². The molecule has 3 aromatic heterocycles. The van der Waals surface area contributed by atoms with Gasteiger partial charge in [0.25, 0.3) is 5.91 Å². The lowest BCUT2D eigenvalue weighted by Crippen LogP contribution is -2.60. The molecule has 0 unspecified atom stereocenters. The van der Waals surface area contributed by atoms with Gasteiger partial charge in [-0.25, -0.2) is 9.50 Å². The highest BCUT2D eigenvalue weighted by atomic mass is 16.2. The third-order valence-electron chi connectivity index (χ3n) is 8.20. The fourth-order valence-corrected chi connectivity index (χ4v) is 7.05. The summed E-state index contributed by atoms with van der Waals surface area (Å²) in [5.74, 6) is 2.46. The Morgan fingerprint density at radius 1 is 1.19 bits per heavy atom. The van der Waals surface area contributed by atoms with Crippen molar-refractivity contribution in [3.8, 4) is 11.3 Å². The number of hydrogen-bond acceptors (Lipinski definition) is 4. The lowest BCUT2D eigenvalue weighted by Gasteiger charge is -2.59. The van der Waals surface area contributed by atoms with Crippen LogP contribution in [0.25, 0.3) is 16.9 Å². The van der Waals surface area contributed by atoms with Crippen LogP contribution in [-0.2, 0) is 6.54 Å². The molecular formula is C24H30N6O. The fraction of sp³-hybridized carbons (Fsp3) is 0.583. The highest BCUT2D eigenvalue weighted by Crippen LogP contribution is 2.57. The number of fused-ring (bicyclic) bond motifs is 1. The maximum atomic E-state index is 13.7. The number of carbonyl (C=O) groups excluding carboxylic acids is 1. The lowest BCUT2D eigenvalue weighted by molar-refractivity contribution is -0.0665. The second-order valence-corrected chi connectivity index (χ2v) is 10.1. The monoisotopic (exact) mass is 418 g/mol. The van der Waals surface area contributed by atoms with E-state index < -0.39 is 0 Å². The number of amides is 1. The van der Waals surface area contributed by atoms with E-state index in [0.29, 0.717) is 11.2 Å². The van der Waals surface area contributed by atoms with Crippen LogP contribution in [0.5, 0.6) is 0 Å². The van der Waals surface area contributed by atoms with Crippen LogP contribution in [0.15, 0.2) is 24.7 Å². The molecule has 4 bridgehead atoms. The van der Waals surface area contributed by atoms with E-state index >= 15 is 0 Å². The summed E-state index contributed by atoms with van der Waals surface area (Å²) in [7, 11) is 2.01. The lowest BCUT2D eigenvalue weighted by atomic mass is 9.52. The van der Waals surface area contributed by atoms with Gasteiger partial charge < -0.3 is 4.90 Å². The summed E-state index contributed by atoms with van der Waals surface area (Å²) in [4.78, 5) is 20.3. The van der Waals surface area contributed by atoms with Crippen molar-refractivity contribution in [1.29, 1.82) is 0 Å². The Bertz CT molecular complexity index is 1140. The molecule has 7 nitrogen and oxygen atoms in total. The second-order valence-electron chi connectivity index (χ2n) is 10.1. The van der Waals surface area contributed by atoms with Crippen molar-refractivity contribution < 1.29 is 4.79 Å². The highest BCUT2D eigenvalue weighted by molar-refractivity contribution is 6.00. The molecule has 3 aromatic rings. The highest BCUT2D eigenvalue weighted by Gasteiger charge is 2.54. The van der Waals surface area contributed by atoms with E-state index in [9.17, 15) is 4.79 Å². The first-order valence-corrected chi connectivity index (χ1v) is 11.6. The average molecular weight is 419 g/mol. The summed E-state index contributed by atoms with van der Waals surface area (Å²) in [5.41, 5.74) is 4.13. The summed E-state index contributed by atoms with van der Waals surface area (Å²) in [6.07, 6.45) is 13.1. The van der Waals surface area contributed by atoms with E-state index in [1.54, 1.807) is 16.9 Å². The Kier molecular flexibility index (Phi) is 4.08. The van der Waals surface area contributed by atoms with Crippen LogP contribution >= 0.6 is 0 Å². The molecule has 0 atom stereocenters. The zero-order chi connectivity index (χ0) is 21.3. The van der Waals surface area contributed by atoms with Gasteiger partial charge in [0.05, 0.1) is 17.6 Å². The molecule has 7 rings (SSSR count). The molecule has 4 saturated carbocycles. The van der Waals surface area contributed by atoms with Gasteiger partial charge in [0, 0.05) is 37.1 Å². The molecule has 4 aliphatic rings. The number of nitrogens with zero attached hydrogens (tertiary/aromatic N) is 6. The first-order chi connectivity index (χ1) is 15.0. The zero-order valence-corrected chi connectivity index (χ0v) is 18.6. The third-order valence-corrected chi connectivity index (χ3v) is 8.20. The van der Waals surface area contributed by atoms with E-state index in [1.165, 1.54) is 19.3 Å². The van der Waals surface area contributed by atoms with Crippen molar-refractivity contribution in [2.24, 2.45) is 17.8 Å². The molecule has 0 radical (unpaired) electrons. The number of carbonyl (C=O) groups is 1. The van der Waals surface area contributed by atoms with Crippen LogP contribution in [0.4, 0.5) is 0 Å². The molecule has 0 saturated heterocycles.